The molecule has 2 heteroatoms. The Morgan fingerprint density at radius 1 is 1.62 bits per heavy atom. The molecule has 1 nitrogen and oxygen atoms in total. The van der Waals surface area contributed by atoms with Crippen molar-refractivity contribution in [2.75, 3.05) is 0 Å². The van der Waals surface area contributed by atoms with Crippen molar-refractivity contribution in [3.8, 4) is 12.3 Å². The van der Waals surface area contributed by atoms with Crippen LogP contribution in [0, 0.1) is 12.3 Å². The van der Waals surface area contributed by atoms with Crippen molar-refractivity contribution in [1.82, 2.24) is 0 Å². The number of alkyl halides is 1. The van der Waals surface area contributed by atoms with Crippen molar-refractivity contribution in [1.29, 1.82) is 0 Å². The highest BCUT2D eigenvalue weighted by Gasteiger charge is 1.99. The van der Waals surface area contributed by atoms with Gasteiger partial charge in [0.25, 0.3) is 0 Å². The Balaban J connectivity index is 3.28. The predicted molar refractivity (Wildman–Crippen MR) is 34.7 cm³/mol. The van der Waals surface area contributed by atoms with Gasteiger partial charge >= 0.3 is 0 Å². The van der Waals surface area contributed by atoms with Crippen LogP contribution < -0.4 is 0 Å². The van der Waals surface area contributed by atoms with Gasteiger partial charge in [-0.25, -0.2) is 0 Å². The van der Waals surface area contributed by atoms with Crippen LogP contribution in [0.4, 0.5) is 0 Å². The normalized spacial score (nSPS) is 16.8. The van der Waals surface area contributed by atoms with Gasteiger partial charge in [-0.2, -0.15) is 0 Å². The maximum absolute atomic E-state index is 5.43. The number of ether oxygens (including phenoxy) is 1. The van der Waals surface area contributed by atoms with Gasteiger partial charge in [-0.3, -0.25) is 0 Å². The number of terminal acetylenes is 1. The summed E-state index contributed by atoms with van der Waals surface area (Å²) in [6.07, 6.45) is 4.81. The van der Waals surface area contributed by atoms with Gasteiger partial charge in [0.2, 0.25) is 0 Å². The summed E-state index contributed by atoms with van der Waals surface area (Å²) < 4.78 is 4.93. The van der Waals surface area contributed by atoms with Crippen LogP contribution in [0.15, 0.2) is 0 Å². The van der Waals surface area contributed by atoms with Gasteiger partial charge in [0, 0.05) is 0 Å². The van der Waals surface area contributed by atoms with E-state index in [9.17, 15) is 0 Å². The molecule has 1 unspecified atom stereocenters. The molecule has 0 saturated heterocycles. The molecule has 0 bridgehead atoms. The lowest BCUT2D eigenvalue weighted by molar-refractivity contribution is 0.0890. The number of halogens is 1. The van der Waals surface area contributed by atoms with E-state index < -0.39 is 0 Å². The Bertz CT molecular complexity index is 93.2. The fraction of sp³-hybridized carbons (Fsp3) is 0.667. The first-order valence-electron chi connectivity index (χ1n) is 2.42. The minimum atomic E-state index is -0.291. The number of hydrogen-bond acceptors (Lipinski definition) is 1. The smallest absolute Gasteiger partial charge is 0.130 e. The maximum atomic E-state index is 5.43. The van der Waals surface area contributed by atoms with E-state index in [-0.39, 0.29) is 11.7 Å². The SMILES string of the molecule is C#C[C@H](C)OC(C)Cl. The molecule has 0 aliphatic rings. The highest BCUT2D eigenvalue weighted by atomic mass is 35.5. The molecule has 0 aromatic heterocycles. The summed E-state index contributed by atoms with van der Waals surface area (Å²) in [6.45, 7) is 3.51. The van der Waals surface area contributed by atoms with Gasteiger partial charge in [-0.1, -0.05) is 17.5 Å². The Kier molecular flexibility index (Phi) is 3.68. The summed E-state index contributed by atoms with van der Waals surface area (Å²) in [6, 6.07) is 0. The molecule has 46 valence electrons. The Morgan fingerprint density at radius 3 is 2.25 bits per heavy atom. The quantitative estimate of drug-likeness (QED) is 0.410. The Hall–Kier alpha value is -0.190. The number of rotatable bonds is 2. The summed E-state index contributed by atoms with van der Waals surface area (Å²) in [5, 5.41) is 0. The summed E-state index contributed by atoms with van der Waals surface area (Å²) in [7, 11) is 0. The standard InChI is InChI=1S/C6H9ClO/c1-4-5(2)8-6(3)7/h1,5-6H,2-3H3/t5-,6?/m0/s1. The predicted octanol–water partition coefficient (Wildman–Crippen LogP) is 1.61. The lowest BCUT2D eigenvalue weighted by Crippen LogP contribution is -2.09. The van der Waals surface area contributed by atoms with Crippen molar-refractivity contribution in [2.45, 2.75) is 25.5 Å². The highest BCUT2D eigenvalue weighted by molar-refractivity contribution is 6.19. The van der Waals surface area contributed by atoms with Crippen molar-refractivity contribution in [2.24, 2.45) is 0 Å². The second-order valence-corrected chi connectivity index (χ2v) is 2.10. The second kappa shape index (κ2) is 3.77. The molecular formula is C6H9ClO. The molecular weight excluding hydrogens is 124 g/mol. The molecule has 0 rings (SSSR count). The third-order valence-electron chi connectivity index (χ3n) is 0.626. The van der Waals surface area contributed by atoms with E-state index in [1.165, 1.54) is 0 Å². The van der Waals surface area contributed by atoms with Gasteiger partial charge in [-0.05, 0) is 13.8 Å². The van der Waals surface area contributed by atoms with Crippen molar-refractivity contribution < 1.29 is 4.74 Å². The van der Waals surface area contributed by atoms with Crippen LogP contribution in [-0.2, 0) is 4.74 Å². The van der Waals surface area contributed by atoms with Crippen LogP contribution in [0.2, 0.25) is 0 Å². The van der Waals surface area contributed by atoms with Gasteiger partial charge in [0.1, 0.15) is 11.7 Å². The largest absolute Gasteiger partial charge is 0.347 e. The molecule has 0 aliphatic carbocycles. The minimum absolute atomic E-state index is 0.178. The first-order valence-corrected chi connectivity index (χ1v) is 2.86. The Morgan fingerprint density at radius 2 is 2.12 bits per heavy atom. The van der Waals surface area contributed by atoms with Crippen LogP contribution in [0.1, 0.15) is 13.8 Å². The summed E-state index contributed by atoms with van der Waals surface area (Å²) in [5.41, 5.74) is -0.291. The molecule has 2 atom stereocenters. The molecule has 0 N–H and O–H groups in total. The van der Waals surface area contributed by atoms with E-state index in [4.69, 9.17) is 22.8 Å². The Labute approximate surface area is 55.0 Å². The lowest BCUT2D eigenvalue weighted by atomic mass is 10.4. The summed E-state index contributed by atoms with van der Waals surface area (Å²) in [5.74, 6) is 2.39. The average Bonchev–Trinajstić information content (AvgIpc) is 1.65. The molecule has 0 amide bonds. The first-order chi connectivity index (χ1) is 3.66. The topological polar surface area (TPSA) is 9.23 Å². The van der Waals surface area contributed by atoms with Crippen molar-refractivity contribution >= 4 is 11.6 Å². The van der Waals surface area contributed by atoms with E-state index >= 15 is 0 Å². The molecule has 0 spiro atoms. The molecule has 0 heterocycles. The molecule has 0 fully saturated rings. The second-order valence-electron chi connectivity index (χ2n) is 1.49. The maximum Gasteiger partial charge on any atom is 0.130 e. The molecule has 0 aromatic rings. The summed E-state index contributed by atoms with van der Waals surface area (Å²) >= 11 is 5.43. The van der Waals surface area contributed by atoms with Gasteiger partial charge in [-0.15, -0.1) is 6.42 Å². The van der Waals surface area contributed by atoms with E-state index in [0.29, 0.717) is 0 Å². The fourth-order valence-electron chi connectivity index (χ4n) is 0.321. The molecule has 0 aliphatic heterocycles. The van der Waals surface area contributed by atoms with E-state index in [1.807, 2.05) is 0 Å². The molecule has 8 heavy (non-hydrogen) atoms. The minimum Gasteiger partial charge on any atom is -0.347 e. The van der Waals surface area contributed by atoms with Crippen LogP contribution in [0.3, 0.4) is 0 Å². The van der Waals surface area contributed by atoms with Crippen LogP contribution in [-0.4, -0.2) is 11.7 Å². The molecule has 0 aromatic carbocycles. The van der Waals surface area contributed by atoms with Crippen molar-refractivity contribution in [3.63, 3.8) is 0 Å². The van der Waals surface area contributed by atoms with E-state index in [1.54, 1.807) is 13.8 Å². The first kappa shape index (κ1) is 7.81. The van der Waals surface area contributed by atoms with Gasteiger partial charge in [0.15, 0.2) is 0 Å². The van der Waals surface area contributed by atoms with E-state index in [0.717, 1.165) is 0 Å². The average molecular weight is 133 g/mol. The van der Waals surface area contributed by atoms with Crippen LogP contribution in [0.5, 0.6) is 0 Å². The van der Waals surface area contributed by atoms with Gasteiger partial charge in [0.05, 0.1) is 0 Å². The lowest BCUT2D eigenvalue weighted by Gasteiger charge is -2.06. The zero-order valence-electron chi connectivity index (χ0n) is 5.02. The highest BCUT2D eigenvalue weighted by Crippen LogP contribution is 1.99. The third-order valence-corrected chi connectivity index (χ3v) is 0.729. The van der Waals surface area contributed by atoms with E-state index in [2.05, 4.69) is 5.92 Å². The van der Waals surface area contributed by atoms with Crippen molar-refractivity contribution in [3.05, 3.63) is 0 Å². The van der Waals surface area contributed by atoms with Crippen LogP contribution >= 0.6 is 11.6 Å². The fourth-order valence-corrected chi connectivity index (χ4v) is 0.475. The summed E-state index contributed by atoms with van der Waals surface area (Å²) in [4.78, 5) is 0. The molecule has 0 radical (unpaired) electrons. The third kappa shape index (κ3) is 3.98. The zero-order valence-corrected chi connectivity index (χ0v) is 5.77. The van der Waals surface area contributed by atoms with Crippen LogP contribution in [0.25, 0.3) is 0 Å². The zero-order chi connectivity index (χ0) is 6.57. The number of hydrogen-bond donors (Lipinski definition) is 0. The molecule has 0 saturated carbocycles. The monoisotopic (exact) mass is 132 g/mol. The van der Waals surface area contributed by atoms with Gasteiger partial charge < -0.3 is 4.74 Å².